The topological polar surface area (TPSA) is 60.2 Å². The van der Waals surface area contributed by atoms with Gasteiger partial charge in [-0.25, -0.2) is 8.42 Å². The van der Waals surface area contributed by atoms with Crippen LogP contribution in [0.1, 0.15) is 0 Å². The monoisotopic (exact) mass is 335 g/mol. The van der Waals surface area contributed by atoms with Crippen LogP contribution in [0.4, 0.5) is 5.69 Å². The maximum Gasteiger partial charge on any atom is 0.209 e. The van der Waals surface area contributed by atoms with E-state index >= 15 is 0 Å². The third-order valence-corrected chi connectivity index (χ3v) is 5.36. The number of benzene rings is 2. The van der Waals surface area contributed by atoms with E-state index in [1.807, 2.05) is 0 Å². The lowest BCUT2D eigenvalue weighted by atomic mass is 10.3. The Morgan fingerprint density at radius 3 is 1.84 bits per heavy atom. The van der Waals surface area contributed by atoms with Crippen molar-refractivity contribution in [2.45, 2.75) is 9.79 Å². The first kappa shape index (κ1) is 14.5. The lowest BCUT2D eigenvalue weighted by Crippen LogP contribution is -2.04. The first-order valence-electron chi connectivity index (χ1n) is 5.07. The van der Waals surface area contributed by atoms with Gasteiger partial charge in [0.25, 0.3) is 0 Å². The van der Waals surface area contributed by atoms with Gasteiger partial charge < -0.3 is 5.73 Å². The largest absolute Gasteiger partial charge is 0.399 e. The molecule has 7 heteroatoms. The van der Waals surface area contributed by atoms with Crippen molar-refractivity contribution >= 4 is 50.3 Å². The van der Waals surface area contributed by atoms with E-state index in [9.17, 15) is 8.42 Å². The Morgan fingerprint density at radius 2 is 1.37 bits per heavy atom. The van der Waals surface area contributed by atoms with Crippen LogP contribution in [0.2, 0.25) is 15.1 Å². The zero-order valence-electron chi connectivity index (χ0n) is 9.40. The molecule has 0 fully saturated rings. The highest BCUT2D eigenvalue weighted by Gasteiger charge is 2.24. The molecule has 0 aliphatic heterocycles. The molecule has 0 bridgehead atoms. The van der Waals surface area contributed by atoms with Crippen LogP contribution in [-0.4, -0.2) is 8.42 Å². The summed E-state index contributed by atoms with van der Waals surface area (Å²) in [5, 5.41) is 0.411. The molecule has 2 aromatic carbocycles. The fourth-order valence-electron chi connectivity index (χ4n) is 1.57. The first-order chi connectivity index (χ1) is 8.82. The van der Waals surface area contributed by atoms with Crippen LogP contribution in [0.25, 0.3) is 0 Å². The fraction of sp³-hybridized carbons (Fsp3) is 0. The van der Waals surface area contributed by atoms with E-state index in [1.54, 1.807) is 0 Å². The number of nitrogen functional groups attached to an aromatic ring is 1. The van der Waals surface area contributed by atoms with Gasteiger partial charge in [-0.2, -0.15) is 0 Å². The highest BCUT2D eigenvalue weighted by molar-refractivity contribution is 7.91. The van der Waals surface area contributed by atoms with Crippen molar-refractivity contribution in [1.82, 2.24) is 0 Å². The van der Waals surface area contributed by atoms with E-state index in [0.717, 1.165) is 0 Å². The number of halogens is 3. The van der Waals surface area contributed by atoms with Crippen LogP contribution < -0.4 is 5.73 Å². The lowest BCUT2D eigenvalue weighted by molar-refractivity contribution is 0.596. The molecule has 0 amide bonds. The van der Waals surface area contributed by atoms with Crippen molar-refractivity contribution in [3.8, 4) is 0 Å². The lowest BCUT2D eigenvalue weighted by Gasteiger charge is -2.09. The summed E-state index contributed by atoms with van der Waals surface area (Å²) in [7, 11) is -3.81. The summed E-state index contributed by atoms with van der Waals surface area (Å²) < 4.78 is 24.9. The Morgan fingerprint density at radius 1 is 0.895 bits per heavy atom. The van der Waals surface area contributed by atoms with E-state index in [1.165, 1.54) is 36.4 Å². The summed E-state index contributed by atoms with van der Waals surface area (Å²) in [6.07, 6.45) is 0. The van der Waals surface area contributed by atoms with Crippen molar-refractivity contribution in [3.05, 3.63) is 51.5 Å². The summed E-state index contributed by atoms with van der Waals surface area (Å²) >= 11 is 17.6. The molecular weight excluding hydrogens is 329 g/mol. The smallest absolute Gasteiger partial charge is 0.209 e. The van der Waals surface area contributed by atoms with Gasteiger partial charge in [-0.3, -0.25) is 0 Å². The highest BCUT2D eigenvalue weighted by atomic mass is 35.5. The standard InChI is InChI=1S/C12H8Cl3NO2S/c13-7-1-3-9(4-2-7)19(17,18)12-10(14)5-8(16)6-11(12)15/h1-6H,16H2. The van der Waals surface area contributed by atoms with E-state index < -0.39 is 9.84 Å². The predicted octanol–water partition coefficient (Wildman–Crippen LogP) is 4.06. The molecule has 0 saturated heterocycles. The SMILES string of the molecule is Nc1cc(Cl)c(S(=O)(=O)c2ccc(Cl)cc2)c(Cl)c1. The molecule has 0 aromatic heterocycles. The summed E-state index contributed by atoms with van der Waals surface area (Å²) in [6.45, 7) is 0. The molecule has 0 saturated carbocycles. The molecular formula is C12H8Cl3NO2S. The Kier molecular flexibility index (Phi) is 3.97. The van der Waals surface area contributed by atoms with Gasteiger partial charge in [0.15, 0.2) is 0 Å². The Balaban J connectivity index is 2.67. The number of hydrogen-bond donors (Lipinski definition) is 1. The molecule has 2 rings (SSSR count). The van der Waals surface area contributed by atoms with Crippen molar-refractivity contribution < 1.29 is 8.42 Å². The first-order valence-corrected chi connectivity index (χ1v) is 7.69. The molecule has 0 spiro atoms. The van der Waals surface area contributed by atoms with Crippen molar-refractivity contribution in [1.29, 1.82) is 0 Å². The predicted molar refractivity (Wildman–Crippen MR) is 77.8 cm³/mol. The molecule has 0 unspecified atom stereocenters. The molecule has 0 atom stereocenters. The summed E-state index contributed by atoms with van der Waals surface area (Å²) in [6, 6.07) is 8.43. The Bertz CT molecular complexity index is 704. The molecule has 0 heterocycles. The van der Waals surface area contributed by atoms with Gasteiger partial charge in [-0.1, -0.05) is 34.8 Å². The number of nitrogens with two attached hydrogens (primary N) is 1. The second kappa shape index (κ2) is 5.21. The molecule has 2 N–H and O–H groups in total. The normalized spacial score (nSPS) is 11.5. The minimum atomic E-state index is -3.81. The maximum absolute atomic E-state index is 12.4. The average molecular weight is 337 g/mol. The van der Waals surface area contributed by atoms with Gasteiger partial charge in [0.1, 0.15) is 4.90 Å². The summed E-state index contributed by atoms with van der Waals surface area (Å²) in [5.74, 6) is 0. The number of hydrogen-bond acceptors (Lipinski definition) is 3. The van der Waals surface area contributed by atoms with Crippen LogP contribution in [-0.2, 0) is 9.84 Å². The molecule has 3 nitrogen and oxygen atoms in total. The van der Waals surface area contributed by atoms with Crippen molar-refractivity contribution in [2.24, 2.45) is 0 Å². The van der Waals surface area contributed by atoms with E-state index in [2.05, 4.69) is 0 Å². The minimum absolute atomic E-state index is 0.0139. The number of sulfone groups is 1. The Hall–Kier alpha value is -0.940. The summed E-state index contributed by atoms with van der Waals surface area (Å²) in [5.41, 5.74) is 5.85. The van der Waals surface area contributed by atoms with Gasteiger partial charge in [-0.05, 0) is 36.4 Å². The van der Waals surface area contributed by atoms with Crippen LogP contribution in [0.5, 0.6) is 0 Å². The second-order valence-electron chi connectivity index (χ2n) is 3.77. The average Bonchev–Trinajstić information content (AvgIpc) is 2.27. The van der Waals surface area contributed by atoms with E-state index in [4.69, 9.17) is 40.5 Å². The van der Waals surface area contributed by atoms with Gasteiger partial charge in [-0.15, -0.1) is 0 Å². The van der Waals surface area contributed by atoms with Crippen LogP contribution in [0.3, 0.4) is 0 Å². The molecule has 100 valence electrons. The van der Waals surface area contributed by atoms with Crippen LogP contribution in [0.15, 0.2) is 46.2 Å². The fourth-order valence-corrected chi connectivity index (χ4v) is 4.17. The zero-order valence-corrected chi connectivity index (χ0v) is 12.5. The van der Waals surface area contributed by atoms with Crippen molar-refractivity contribution in [3.63, 3.8) is 0 Å². The number of rotatable bonds is 2. The van der Waals surface area contributed by atoms with Gasteiger partial charge in [0, 0.05) is 10.7 Å². The molecule has 0 radical (unpaired) electrons. The quantitative estimate of drug-likeness (QED) is 0.841. The van der Waals surface area contributed by atoms with Crippen LogP contribution in [0, 0.1) is 0 Å². The second-order valence-corrected chi connectivity index (χ2v) is 6.91. The third kappa shape index (κ3) is 2.82. The van der Waals surface area contributed by atoms with Gasteiger partial charge in [0.05, 0.1) is 14.9 Å². The molecule has 0 aliphatic rings. The highest BCUT2D eigenvalue weighted by Crippen LogP contribution is 2.35. The number of anilines is 1. The zero-order chi connectivity index (χ0) is 14.2. The summed E-state index contributed by atoms with van der Waals surface area (Å²) in [4.78, 5) is -0.0992. The maximum atomic E-state index is 12.4. The van der Waals surface area contributed by atoms with Gasteiger partial charge >= 0.3 is 0 Å². The molecule has 0 aliphatic carbocycles. The van der Waals surface area contributed by atoms with E-state index in [0.29, 0.717) is 10.7 Å². The molecule has 19 heavy (non-hydrogen) atoms. The molecule has 2 aromatic rings. The third-order valence-electron chi connectivity index (χ3n) is 2.41. The van der Waals surface area contributed by atoms with Gasteiger partial charge in [0.2, 0.25) is 9.84 Å². The van der Waals surface area contributed by atoms with Crippen LogP contribution >= 0.6 is 34.8 Å². The minimum Gasteiger partial charge on any atom is -0.399 e. The Labute approximate surface area is 125 Å². The van der Waals surface area contributed by atoms with E-state index in [-0.39, 0.29) is 19.8 Å². The van der Waals surface area contributed by atoms with Crippen molar-refractivity contribution in [2.75, 3.05) is 5.73 Å².